The van der Waals surface area contributed by atoms with Crippen molar-refractivity contribution in [3.8, 4) is 0 Å². The lowest BCUT2D eigenvalue weighted by Crippen LogP contribution is -2.23. The lowest BCUT2D eigenvalue weighted by atomic mass is 10.1. The topological polar surface area (TPSA) is 111 Å². The molecule has 19 heavy (non-hydrogen) atoms. The van der Waals surface area contributed by atoms with Crippen molar-refractivity contribution in [2.45, 2.75) is 6.92 Å². The molecular weight excluding hydrogens is 250 g/mol. The molecule has 0 aromatic heterocycles. The summed E-state index contributed by atoms with van der Waals surface area (Å²) in [5.74, 6) is -1.78. The van der Waals surface area contributed by atoms with Crippen molar-refractivity contribution in [2.75, 3.05) is 24.3 Å². The molecule has 1 rings (SSSR count). The number of anilines is 2. The van der Waals surface area contributed by atoms with Crippen LogP contribution in [0.25, 0.3) is 0 Å². The summed E-state index contributed by atoms with van der Waals surface area (Å²) in [6.45, 7) is 0.779. The van der Waals surface area contributed by atoms with Gasteiger partial charge in [-0.2, -0.15) is 0 Å². The summed E-state index contributed by atoms with van der Waals surface area (Å²) in [5.41, 5.74) is 6.20. The van der Waals surface area contributed by atoms with E-state index in [1.807, 2.05) is 0 Å². The first-order chi connectivity index (χ1) is 8.95. The monoisotopic (exact) mass is 265 g/mol. The van der Waals surface area contributed by atoms with E-state index in [9.17, 15) is 14.4 Å². The van der Waals surface area contributed by atoms with Crippen molar-refractivity contribution in [3.63, 3.8) is 0 Å². The van der Waals surface area contributed by atoms with E-state index in [1.165, 1.54) is 13.0 Å². The lowest BCUT2D eigenvalue weighted by Gasteiger charge is -2.12. The summed E-state index contributed by atoms with van der Waals surface area (Å²) >= 11 is 0. The van der Waals surface area contributed by atoms with Crippen molar-refractivity contribution >= 4 is 29.2 Å². The van der Waals surface area contributed by atoms with E-state index >= 15 is 0 Å². The van der Waals surface area contributed by atoms with Crippen molar-refractivity contribution in [1.82, 2.24) is 0 Å². The Labute approximate surface area is 110 Å². The number of carbonyl (C=O) groups excluding carboxylic acids is 3. The Bertz CT molecular complexity index is 514. The molecule has 0 aliphatic heterocycles. The number of hydrogen-bond donors (Lipinski definition) is 3. The quantitative estimate of drug-likeness (QED) is 0.664. The van der Waals surface area contributed by atoms with Crippen LogP contribution in [0.2, 0.25) is 0 Å². The van der Waals surface area contributed by atoms with Crippen molar-refractivity contribution < 1.29 is 19.1 Å². The number of esters is 1. The normalized spacial score (nSPS) is 9.58. The van der Waals surface area contributed by atoms with E-state index in [2.05, 4.69) is 15.4 Å². The van der Waals surface area contributed by atoms with Gasteiger partial charge in [0.25, 0.3) is 11.8 Å². The number of primary amides is 1. The highest BCUT2D eigenvalue weighted by atomic mass is 16.5. The number of rotatable bonds is 5. The molecule has 0 aliphatic rings. The molecule has 0 unspecified atom stereocenters. The Morgan fingerprint density at radius 3 is 2.42 bits per heavy atom. The summed E-state index contributed by atoms with van der Waals surface area (Å²) in [6.07, 6.45) is 0. The van der Waals surface area contributed by atoms with Gasteiger partial charge in [0, 0.05) is 19.7 Å². The van der Waals surface area contributed by atoms with Crippen LogP contribution in [0.15, 0.2) is 18.2 Å². The number of carbonyl (C=O) groups is 3. The van der Waals surface area contributed by atoms with Gasteiger partial charge in [0.2, 0.25) is 0 Å². The van der Waals surface area contributed by atoms with Gasteiger partial charge in [-0.15, -0.1) is 0 Å². The van der Waals surface area contributed by atoms with Gasteiger partial charge in [0.15, 0.2) is 6.61 Å². The van der Waals surface area contributed by atoms with Gasteiger partial charge in [0.1, 0.15) is 0 Å². The predicted octanol–water partition coefficient (Wildman–Crippen LogP) is 0.329. The van der Waals surface area contributed by atoms with Gasteiger partial charge >= 0.3 is 5.97 Å². The summed E-state index contributed by atoms with van der Waals surface area (Å²) in [6, 6.07) is 4.84. The van der Waals surface area contributed by atoms with Gasteiger partial charge in [-0.25, -0.2) is 0 Å². The van der Waals surface area contributed by atoms with Gasteiger partial charge < -0.3 is 21.1 Å². The molecule has 1 aromatic rings. The molecular formula is C12H15N3O4. The Balaban J connectivity index is 2.91. The predicted molar refractivity (Wildman–Crippen MR) is 69.8 cm³/mol. The maximum absolute atomic E-state index is 11.5. The van der Waals surface area contributed by atoms with E-state index < -0.39 is 24.4 Å². The van der Waals surface area contributed by atoms with Crippen LogP contribution < -0.4 is 16.4 Å². The van der Waals surface area contributed by atoms with E-state index in [-0.39, 0.29) is 11.3 Å². The van der Waals surface area contributed by atoms with E-state index in [0.29, 0.717) is 5.69 Å². The highest BCUT2D eigenvalue weighted by Crippen LogP contribution is 2.23. The van der Waals surface area contributed by atoms with Crippen LogP contribution in [-0.2, 0) is 14.3 Å². The van der Waals surface area contributed by atoms with Gasteiger partial charge in [-0.3, -0.25) is 14.4 Å². The Morgan fingerprint density at radius 1 is 1.26 bits per heavy atom. The number of ether oxygens (including phenoxy) is 1. The first-order valence-electron chi connectivity index (χ1n) is 5.49. The zero-order valence-electron chi connectivity index (χ0n) is 10.6. The number of amides is 2. The van der Waals surface area contributed by atoms with E-state index in [4.69, 9.17) is 5.73 Å². The van der Waals surface area contributed by atoms with Gasteiger partial charge in [-0.1, -0.05) is 6.07 Å². The summed E-state index contributed by atoms with van der Waals surface area (Å²) < 4.78 is 4.55. The first kappa shape index (κ1) is 14.5. The average Bonchev–Trinajstić information content (AvgIpc) is 2.35. The first-order valence-corrected chi connectivity index (χ1v) is 5.49. The summed E-state index contributed by atoms with van der Waals surface area (Å²) in [5, 5.41) is 5.27. The molecule has 0 saturated carbocycles. The highest BCUT2D eigenvalue weighted by molar-refractivity contribution is 6.07. The van der Waals surface area contributed by atoms with Crippen LogP contribution in [0.1, 0.15) is 17.3 Å². The molecule has 0 spiro atoms. The number of nitrogens with two attached hydrogens (primary N) is 1. The molecule has 0 aliphatic carbocycles. The van der Waals surface area contributed by atoms with E-state index in [0.717, 1.165) is 0 Å². The van der Waals surface area contributed by atoms with E-state index in [1.54, 1.807) is 19.2 Å². The third-order valence-electron chi connectivity index (χ3n) is 2.26. The molecule has 0 heterocycles. The standard InChI is InChI=1S/C12H15N3O4/c1-7(16)19-6-10(17)15-9-5-3-4-8(14-2)11(9)12(13)18/h3-5,14H,6H2,1-2H3,(H2,13,18)(H,15,17). The van der Waals surface area contributed by atoms with Crippen LogP contribution in [0, 0.1) is 0 Å². The maximum Gasteiger partial charge on any atom is 0.303 e. The molecule has 1 aromatic carbocycles. The third kappa shape index (κ3) is 3.98. The van der Waals surface area contributed by atoms with Crippen LogP contribution in [0.4, 0.5) is 11.4 Å². The molecule has 102 valence electrons. The summed E-state index contributed by atoms with van der Waals surface area (Å²) in [7, 11) is 1.63. The number of benzene rings is 1. The number of nitrogens with one attached hydrogen (secondary N) is 2. The minimum absolute atomic E-state index is 0.168. The highest BCUT2D eigenvalue weighted by Gasteiger charge is 2.15. The van der Waals surface area contributed by atoms with Crippen LogP contribution in [-0.4, -0.2) is 31.4 Å². The van der Waals surface area contributed by atoms with Crippen LogP contribution in [0.5, 0.6) is 0 Å². The van der Waals surface area contributed by atoms with Crippen molar-refractivity contribution in [3.05, 3.63) is 23.8 Å². The molecule has 7 nitrogen and oxygen atoms in total. The third-order valence-corrected chi connectivity index (χ3v) is 2.26. The largest absolute Gasteiger partial charge is 0.456 e. The fourth-order valence-corrected chi connectivity index (χ4v) is 1.48. The summed E-state index contributed by atoms with van der Waals surface area (Å²) in [4.78, 5) is 33.5. The van der Waals surface area contributed by atoms with Crippen molar-refractivity contribution in [2.24, 2.45) is 5.73 Å². The van der Waals surface area contributed by atoms with Crippen molar-refractivity contribution in [1.29, 1.82) is 0 Å². The molecule has 0 saturated heterocycles. The molecule has 0 radical (unpaired) electrons. The molecule has 7 heteroatoms. The molecule has 0 bridgehead atoms. The second kappa shape index (κ2) is 6.39. The minimum atomic E-state index is -0.673. The Morgan fingerprint density at radius 2 is 1.89 bits per heavy atom. The smallest absolute Gasteiger partial charge is 0.303 e. The lowest BCUT2D eigenvalue weighted by molar-refractivity contribution is -0.144. The van der Waals surface area contributed by atoms with Crippen LogP contribution >= 0.6 is 0 Å². The molecule has 2 amide bonds. The molecule has 0 fully saturated rings. The fraction of sp³-hybridized carbons (Fsp3) is 0.250. The molecule has 0 atom stereocenters. The minimum Gasteiger partial charge on any atom is -0.456 e. The zero-order chi connectivity index (χ0) is 14.4. The Kier molecular flexibility index (Phi) is 4.87. The SMILES string of the molecule is CNc1cccc(NC(=O)COC(C)=O)c1C(N)=O. The van der Waals surface area contributed by atoms with Gasteiger partial charge in [-0.05, 0) is 12.1 Å². The second-order valence-electron chi connectivity index (χ2n) is 3.67. The second-order valence-corrected chi connectivity index (χ2v) is 3.67. The fourth-order valence-electron chi connectivity index (χ4n) is 1.48. The van der Waals surface area contributed by atoms with Gasteiger partial charge in [0.05, 0.1) is 11.3 Å². The zero-order valence-corrected chi connectivity index (χ0v) is 10.6. The maximum atomic E-state index is 11.5. The number of hydrogen-bond acceptors (Lipinski definition) is 5. The Hall–Kier alpha value is -2.57. The average molecular weight is 265 g/mol. The molecule has 4 N–H and O–H groups in total. The van der Waals surface area contributed by atoms with Crippen LogP contribution in [0.3, 0.4) is 0 Å².